The number of rotatable bonds is 5. The molecule has 4 heteroatoms. The summed E-state index contributed by atoms with van der Waals surface area (Å²) < 4.78 is 5.67. The molecule has 0 amide bonds. The van der Waals surface area contributed by atoms with Crippen molar-refractivity contribution in [2.45, 2.75) is 32.7 Å². The maximum absolute atomic E-state index is 5.67. The summed E-state index contributed by atoms with van der Waals surface area (Å²) in [5.41, 5.74) is 0.968. The van der Waals surface area contributed by atoms with Crippen molar-refractivity contribution in [2.24, 2.45) is 11.8 Å². The van der Waals surface area contributed by atoms with Gasteiger partial charge in [0.05, 0.1) is 6.54 Å². The second-order valence-corrected chi connectivity index (χ2v) is 5.78. The molecule has 1 saturated carbocycles. The summed E-state index contributed by atoms with van der Waals surface area (Å²) in [4.78, 5) is 0. The molecule has 2 atom stereocenters. The minimum Gasteiger partial charge on any atom is -0.419 e. The lowest BCUT2D eigenvalue weighted by Gasteiger charge is -2.09. The van der Waals surface area contributed by atoms with E-state index in [1.807, 2.05) is 30.3 Å². The van der Waals surface area contributed by atoms with Gasteiger partial charge in [0, 0.05) is 5.56 Å². The molecule has 1 aromatic heterocycles. The highest BCUT2D eigenvalue weighted by Crippen LogP contribution is 2.29. The first-order valence-corrected chi connectivity index (χ1v) is 7.40. The van der Waals surface area contributed by atoms with E-state index in [0.29, 0.717) is 18.3 Å². The third kappa shape index (κ3) is 3.25. The zero-order valence-corrected chi connectivity index (χ0v) is 11.9. The SMILES string of the molecule is CC1CCC(CNCc2nnc(-c3ccccc3)o2)C1. The first-order valence-electron chi connectivity index (χ1n) is 7.40. The fraction of sp³-hybridized carbons (Fsp3) is 0.500. The first-order chi connectivity index (χ1) is 9.81. The van der Waals surface area contributed by atoms with Gasteiger partial charge in [0.2, 0.25) is 11.8 Å². The van der Waals surface area contributed by atoms with E-state index < -0.39 is 0 Å². The van der Waals surface area contributed by atoms with Gasteiger partial charge >= 0.3 is 0 Å². The number of benzene rings is 1. The molecule has 1 aliphatic carbocycles. The Morgan fingerprint density at radius 2 is 2.05 bits per heavy atom. The van der Waals surface area contributed by atoms with Gasteiger partial charge in [0.25, 0.3) is 0 Å². The lowest BCUT2D eigenvalue weighted by Crippen LogP contribution is -2.21. The number of hydrogen-bond donors (Lipinski definition) is 1. The van der Waals surface area contributed by atoms with Crippen LogP contribution in [0.5, 0.6) is 0 Å². The Hall–Kier alpha value is -1.68. The molecule has 1 heterocycles. The lowest BCUT2D eigenvalue weighted by molar-refractivity contribution is 0.431. The van der Waals surface area contributed by atoms with Crippen molar-refractivity contribution in [1.82, 2.24) is 15.5 Å². The Morgan fingerprint density at radius 3 is 2.80 bits per heavy atom. The molecule has 20 heavy (non-hydrogen) atoms. The van der Waals surface area contributed by atoms with Crippen molar-refractivity contribution in [3.05, 3.63) is 36.2 Å². The molecular weight excluding hydrogens is 250 g/mol. The molecule has 0 spiro atoms. The molecule has 0 bridgehead atoms. The van der Waals surface area contributed by atoms with Crippen LogP contribution >= 0.6 is 0 Å². The van der Waals surface area contributed by atoms with Crippen LogP contribution in [0, 0.1) is 11.8 Å². The molecule has 1 N–H and O–H groups in total. The second kappa shape index (κ2) is 6.18. The minimum atomic E-state index is 0.594. The smallest absolute Gasteiger partial charge is 0.247 e. The standard InChI is InChI=1S/C16H21N3O/c1-12-7-8-13(9-12)10-17-11-15-18-19-16(20-15)14-5-3-2-4-6-14/h2-6,12-13,17H,7-11H2,1H3. The third-order valence-corrected chi connectivity index (χ3v) is 4.00. The van der Waals surface area contributed by atoms with E-state index in [9.17, 15) is 0 Å². The molecule has 2 aromatic rings. The monoisotopic (exact) mass is 271 g/mol. The zero-order chi connectivity index (χ0) is 13.8. The summed E-state index contributed by atoms with van der Waals surface area (Å²) in [6, 6.07) is 9.87. The molecule has 106 valence electrons. The van der Waals surface area contributed by atoms with Crippen LogP contribution in [0.4, 0.5) is 0 Å². The second-order valence-electron chi connectivity index (χ2n) is 5.78. The Labute approximate surface area is 119 Å². The van der Waals surface area contributed by atoms with E-state index in [4.69, 9.17) is 4.42 Å². The predicted octanol–water partition coefficient (Wildman–Crippen LogP) is 3.26. The third-order valence-electron chi connectivity index (χ3n) is 4.00. The van der Waals surface area contributed by atoms with Crippen molar-refractivity contribution in [1.29, 1.82) is 0 Å². The van der Waals surface area contributed by atoms with Gasteiger partial charge < -0.3 is 9.73 Å². The van der Waals surface area contributed by atoms with Crippen LogP contribution in [0.1, 0.15) is 32.1 Å². The summed E-state index contributed by atoms with van der Waals surface area (Å²) in [5.74, 6) is 2.95. The van der Waals surface area contributed by atoms with Gasteiger partial charge in [-0.05, 0) is 43.4 Å². The molecule has 2 unspecified atom stereocenters. The Morgan fingerprint density at radius 1 is 1.20 bits per heavy atom. The van der Waals surface area contributed by atoms with E-state index in [1.54, 1.807) is 0 Å². The minimum absolute atomic E-state index is 0.594. The molecule has 0 aliphatic heterocycles. The highest BCUT2D eigenvalue weighted by molar-refractivity contribution is 5.51. The van der Waals surface area contributed by atoms with Gasteiger partial charge in [-0.2, -0.15) is 0 Å². The van der Waals surface area contributed by atoms with Crippen LogP contribution in [-0.2, 0) is 6.54 Å². The maximum atomic E-state index is 5.67. The first kappa shape index (κ1) is 13.3. The molecule has 1 aromatic carbocycles. The molecule has 1 fully saturated rings. The van der Waals surface area contributed by atoms with Crippen molar-refractivity contribution >= 4 is 0 Å². The summed E-state index contributed by atoms with van der Waals surface area (Å²) >= 11 is 0. The van der Waals surface area contributed by atoms with Gasteiger partial charge in [-0.15, -0.1) is 10.2 Å². The fourth-order valence-corrected chi connectivity index (χ4v) is 2.92. The number of nitrogens with one attached hydrogen (secondary N) is 1. The highest BCUT2D eigenvalue weighted by atomic mass is 16.4. The van der Waals surface area contributed by atoms with Gasteiger partial charge in [0.1, 0.15) is 0 Å². The Kier molecular flexibility index (Phi) is 4.11. The number of nitrogens with zero attached hydrogens (tertiary/aromatic N) is 2. The molecule has 0 saturated heterocycles. The van der Waals surface area contributed by atoms with Crippen LogP contribution in [0.2, 0.25) is 0 Å². The van der Waals surface area contributed by atoms with Crippen LogP contribution in [0.15, 0.2) is 34.7 Å². The predicted molar refractivity (Wildman–Crippen MR) is 77.9 cm³/mol. The lowest BCUT2D eigenvalue weighted by atomic mass is 10.1. The quantitative estimate of drug-likeness (QED) is 0.907. The Balaban J connectivity index is 1.50. The van der Waals surface area contributed by atoms with Crippen molar-refractivity contribution < 1.29 is 4.42 Å². The summed E-state index contributed by atoms with van der Waals surface area (Å²) in [6.45, 7) is 4.04. The summed E-state index contributed by atoms with van der Waals surface area (Å²) in [5, 5.41) is 11.6. The van der Waals surface area contributed by atoms with E-state index in [0.717, 1.165) is 23.9 Å². The normalized spacial score (nSPS) is 22.2. The van der Waals surface area contributed by atoms with Crippen molar-refractivity contribution in [3.8, 4) is 11.5 Å². The fourth-order valence-electron chi connectivity index (χ4n) is 2.92. The molecule has 0 radical (unpaired) electrons. The summed E-state index contributed by atoms with van der Waals surface area (Å²) in [7, 11) is 0. The van der Waals surface area contributed by atoms with E-state index in [1.165, 1.54) is 19.3 Å². The van der Waals surface area contributed by atoms with Gasteiger partial charge in [-0.1, -0.05) is 31.5 Å². The van der Waals surface area contributed by atoms with Crippen molar-refractivity contribution in [2.75, 3.05) is 6.54 Å². The number of hydrogen-bond acceptors (Lipinski definition) is 4. The average Bonchev–Trinajstić information content (AvgIpc) is 3.09. The summed E-state index contributed by atoms with van der Waals surface area (Å²) in [6.07, 6.45) is 4.05. The zero-order valence-electron chi connectivity index (χ0n) is 11.9. The largest absolute Gasteiger partial charge is 0.419 e. The van der Waals surface area contributed by atoms with Gasteiger partial charge in [-0.25, -0.2) is 0 Å². The topological polar surface area (TPSA) is 51.0 Å². The van der Waals surface area contributed by atoms with Crippen molar-refractivity contribution in [3.63, 3.8) is 0 Å². The van der Waals surface area contributed by atoms with Crippen LogP contribution in [0.3, 0.4) is 0 Å². The van der Waals surface area contributed by atoms with E-state index in [-0.39, 0.29) is 0 Å². The highest BCUT2D eigenvalue weighted by Gasteiger charge is 2.20. The van der Waals surface area contributed by atoms with Gasteiger partial charge in [0.15, 0.2) is 0 Å². The molecule has 4 nitrogen and oxygen atoms in total. The van der Waals surface area contributed by atoms with E-state index >= 15 is 0 Å². The van der Waals surface area contributed by atoms with Crippen LogP contribution in [0.25, 0.3) is 11.5 Å². The Bertz CT molecular complexity index is 538. The van der Waals surface area contributed by atoms with Crippen LogP contribution < -0.4 is 5.32 Å². The van der Waals surface area contributed by atoms with Crippen LogP contribution in [-0.4, -0.2) is 16.7 Å². The molecule has 3 rings (SSSR count). The number of aromatic nitrogens is 2. The van der Waals surface area contributed by atoms with E-state index in [2.05, 4.69) is 22.4 Å². The molecule has 1 aliphatic rings. The molecular formula is C16H21N3O. The average molecular weight is 271 g/mol. The van der Waals surface area contributed by atoms with Gasteiger partial charge in [-0.3, -0.25) is 0 Å². The maximum Gasteiger partial charge on any atom is 0.247 e.